The molecule has 0 atom stereocenters. The van der Waals surface area contributed by atoms with Crippen molar-refractivity contribution in [1.82, 2.24) is 34.9 Å². The molecule has 0 aliphatic rings. The van der Waals surface area contributed by atoms with Gasteiger partial charge in [-0.2, -0.15) is 10.2 Å². The lowest BCUT2D eigenvalue weighted by Crippen LogP contribution is -2.01. The fraction of sp³-hybridized carbons (Fsp3) is 0. The number of aromatic nitrogens is 7. The Balaban J connectivity index is 1.83. The fourth-order valence-electron chi connectivity index (χ4n) is 2.86. The molecule has 4 heterocycles. The van der Waals surface area contributed by atoms with Crippen LogP contribution in [0.1, 0.15) is 0 Å². The highest BCUT2D eigenvalue weighted by Crippen LogP contribution is 2.29. The van der Waals surface area contributed by atoms with Crippen LogP contribution in [-0.4, -0.2) is 34.9 Å². The highest BCUT2D eigenvalue weighted by Gasteiger charge is 2.18. The smallest absolute Gasteiger partial charge is 0.166 e. The summed E-state index contributed by atoms with van der Waals surface area (Å²) in [7, 11) is 0. The summed E-state index contributed by atoms with van der Waals surface area (Å²) in [5.74, 6) is -0.419. The molecule has 1 N–H and O–H groups in total. The quantitative estimate of drug-likeness (QED) is 0.537. The van der Waals surface area contributed by atoms with Gasteiger partial charge < -0.3 is 0 Å². The maximum atomic E-state index is 14.7. The number of rotatable bonds is 2. The zero-order chi connectivity index (χ0) is 16.8. The number of nitrogens with one attached hydrogen (secondary N) is 1. The molecule has 0 unspecified atom stereocenters. The molecular formula is C17H10FN7. The minimum atomic E-state index is -0.419. The molecule has 0 saturated carbocycles. The van der Waals surface area contributed by atoms with Gasteiger partial charge in [0.2, 0.25) is 0 Å². The number of hydrogen-bond donors (Lipinski definition) is 1. The van der Waals surface area contributed by atoms with Crippen molar-refractivity contribution in [3.05, 3.63) is 61.2 Å². The molecule has 0 bridgehead atoms. The van der Waals surface area contributed by atoms with Crippen molar-refractivity contribution >= 4 is 21.9 Å². The minimum Gasteiger partial charge on any atom is -0.278 e. The first-order valence-corrected chi connectivity index (χ1v) is 7.53. The van der Waals surface area contributed by atoms with E-state index in [2.05, 4.69) is 30.2 Å². The SMILES string of the molecule is Fc1cc2[nH]ncc2cc1-n1nc(-c2cccnc2)c2cncnc21. The molecule has 7 nitrogen and oxygen atoms in total. The molecule has 25 heavy (non-hydrogen) atoms. The molecule has 5 aromatic rings. The third kappa shape index (κ3) is 2.08. The number of pyridine rings is 1. The zero-order valence-electron chi connectivity index (χ0n) is 12.8. The number of fused-ring (bicyclic) bond motifs is 2. The first-order chi connectivity index (χ1) is 12.3. The van der Waals surface area contributed by atoms with E-state index in [0.29, 0.717) is 22.5 Å². The van der Waals surface area contributed by atoms with Crippen molar-refractivity contribution in [3.8, 4) is 16.9 Å². The molecule has 0 aliphatic heterocycles. The summed E-state index contributed by atoms with van der Waals surface area (Å²) in [5, 5.41) is 12.8. The van der Waals surface area contributed by atoms with Gasteiger partial charge in [0.1, 0.15) is 17.7 Å². The van der Waals surface area contributed by atoms with E-state index in [-0.39, 0.29) is 0 Å². The van der Waals surface area contributed by atoms with Crippen molar-refractivity contribution in [3.63, 3.8) is 0 Å². The second-order valence-corrected chi connectivity index (χ2v) is 5.52. The summed E-state index contributed by atoms with van der Waals surface area (Å²) in [4.78, 5) is 12.5. The predicted molar refractivity (Wildman–Crippen MR) is 89.5 cm³/mol. The van der Waals surface area contributed by atoms with Gasteiger partial charge in [-0.05, 0) is 18.2 Å². The number of H-pyrrole nitrogens is 1. The lowest BCUT2D eigenvalue weighted by Gasteiger charge is -2.04. The Bertz CT molecular complexity index is 1210. The topological polar surface area (TPSA) is 85.2 Å². The average molecular weight is 331 g/mol. The van der Waals surface area contributed by atoms with E-state index in [1.54, 1.807) is 30.9 Å². The third-order valence-corrected chi connectivity index (χ3v) is 4.02. The summed E-state index contributed by atoms with van der Waals surface area (Å²) in [6.45, 7) is 0. The van der Waals surface area contributed by atoms with Crippen molar-refractivity contribution in [2.75, 3.05) is 0 Å². The van der Waals surface area contributed by atoms with Crippen LogP contribution in [0.3, 0.4) is 0 Å². The Morgan fingerprint density at radius 1 is 1.08 bits per heavy atom. The van der Waals surface area contributed by atoms with Gasteiger partial charge in [-0.3, -0.25) is 10.1 Å². The van der Waals surface area contributed by atoms with Crippen LogP contribution in [0.2, 0.25) is 0 Å². The van der Waals surface area contributed by atoms with Crippen molar-refractivity contribution in [2.24, 2.45) is 0 Å². The molecule has 0 saturated heterocycles. The zero-order valence-corrected chi connectivity index (χ0v) is 12.8. The Morgan fingerprint density at radius 3 is 2.92 bits per heavy atom. The normalized spacial score (nSPS) is 11.4. The van der Waals surface area contributed by atoms with Crippen LogP contribution < -0.4 is 0 Å². The van der Waals surface area contributed by atoms with Gasteiger partial charge >= 0.3 is 0 Å². The van der Waals surface area contributed by atoms with Gasteiger partial charge in [-0.25, -0.2) is 19.0 Å². The van der Waals surface area contributed by atoms with Gasteiger partial charge in [0, 0.05) is 35.6 Å². The second-order valence-electron chi connectivity index (χ2n) is 5.52. The van der Waals surface area contributed by atoms with E-state index in [9.17, 15) is 4.39 Å². The van der Waals surface area contributed by atoms with Crippen LogP contribution in [0.15, 0.2) is 55.4 Å². The molecule has 0 spiro atoms. The van der Waals surface area contributed by atoms with E-state index < -0.39 is 5.82 Å². The second kappa shape index (κ2) is 5.17. The van der Waals surface area contributed by atoms with Crippen molar-refractivity contribution in [1.29, 1.82) is 0 Å². The van der Waals surface area contributed by atoms with Crippen molar-refractivity contribution in [2.45, 2.75) is 0 Å². The summed E-state index contributed by atoms with van der Waals surface area (Å²) in [5.41, 5.74) is 2.91. The molecule has 120 valence electrons. The number of halogens is 1. The van der Waals surface area contributed by atoms with E-state index in [1.165, 1.54) is 17.1 Å². The lowest BCUT2D eigenvalue weighted by atomic mass is 10.2. The van der Waals surface area contributed by atoms with Crippen LogP contribution in [0, 0.1) is 5.82 Å². The maximum Gasteiger partial charge on any atom is 0.166 e. The van der Waals surface area contributed by atoms with Crippen LogP contribution in [0.5, 0.6) is 0 Å². The molecule has 0 radical (unpaired) electrons. The van der Waals surface area contributed by atoms with Crippen LogP contribution >= 0.6 is 0 Å². The number of nitrogens with zero attached hydrogens (tertiary/aromatic N) is 6. The fourth-order valence-corrected chi connectivity index (χ4v) is 2.86. The van der Waals surface area contributed by atoms with E-state index >= 15 is 0 Å². The minimum absolute atomic E-state index is 0.299. The number of aromatic amines is 1. The maximum absolute atomic E-state index is 14.7. The molecule has 1 aromatic carbocycles. The highest BCUT2D eigenvalue weighted by atomic mass is 19.1. The Kier molecular flexibility index (Phi) is 2.84. The molecule has 8 heteroatoms. The molecular weight excluding hydrogens is 321 g/mol. The molecule has 0 fully saturated rings. The largest absolute Gasteiger partial charge is 0.278 e. The summed E-state index contributed by atoms with van der Waals surface area (Å²) in [6.07, 6.45) is 8.12. The average Bonchev–Trinajstić information content (AvgIpc) is 3.26. The van der Waals surface area contributed by atoms with E-state index in [4.69, 9.17) is 0 Å². The Labute approximate surface area is 140 Å². The Morgan fingerprint density at radius 2 is 2.04 bits per heavy atom. The first-order valence-electron chi connectivity index (χ1n) is 7.53. The molecule has 0 amide bonds. The van der Waals surface area contributed by atoms with Gasteiger partial charge in [0.15, 0.2) is 11.5 Å². The molecule has 5 rings (SSSR count). The van der Waals surface area contributed by atoms with Gasteiger partial charge in [0.05, 0.1) is 17.1 Å². The summed E-state index contributed by atoms with van der Waals surface area (Å²) >= 11 is 0. The standard InChI is InChI=1S/C17H10FN7/c18-13-5-14-11(7-22-23-14)4-15(13)25-17-12(8-20-9-21-17)16(24-25)10-2-1-3-19-6-10/h1-9H,(H,22,23). The predicted octanol–water partition coefficient (Wildman–Crippen LogP) is 2.89. The van der Waals surface area contributed by atoms with Gasteiger partial charge in [-0.15, -0.1) is 0 Å². The van der Waals surface area contributed by atoms with Crippen LogP contribution in [0.4, 0.5) is 4.39 Å². The third-order valence-electron chi connectivity index (χ3n) is 4.02. The molecule has 0 aliphatic carbocycles. The summed E-state index contributed by atoms with van der Waals surface area (Å²) < 4.78 is 16.1. The van der Waals surface area contributed by atoms with E-state index in [0.717, 1.165) is 16.3 Å². The number of benzene rings is 1. The summed E-state index contributed by atoms with van der Waals surface area (Å²) in [6, 6.07) is 6.80. The van der Waals surface area contributed by atoms with Gasteiger partial charge in [-0.1, -0.05) is 0 Å². The van der Waals surface area contributed by atoms with Crippen LogP contribution in [0.25, 0.3) is 38.9 Å². The van der Waals surface area contributed by atoms with E-state index in [1.807, 2.05) is 12.1 Å². The van der Waals surface area contributed by atoms with Crippen molar-refractivity contribution < 1.29 is 4.39 Å². The lowest BCUT2D eigenvalue weighted by molar-refractivity contribution is 0.614. The van der Waals surface area contributed by atoms with Crippen LogP contribution in [-0.2, 0) is 0 Å². The van der Waals surface area contributed by atoms with Gasteiger partial charge in [0.25, 0.3) is 0 Å². The Hall–Kier alpha value is -3.68. The first kappa shape index (κ1) is 13.7. The monoisotopic (exact) mass is 331 g/mol. The number of hydrogen-bond acceptors (Lipinski definition) is 5. The highest BCUT2D eigenvalue weighted by molar-refractivity contribution is 5.91. The molecule has 4 aromatic heterocycles.